The first kappa shape index (κ1) is 19.4. The second kappa shape index (κ2) is 7.87. The summed E-state index contributed by atoms with van der Waals surface area (Å²) < 4.78 is 13.7. The molecule has 0 amide bonds. The van der Waals surface area contributed by atoms with Gasteiger partial charge in [0.1, 0.15) is 29.7 Å². The van der Waals surface area contributed by atoms with Gasteiger partial charge in [0.15, 0.2) is 0 Å². The first-order valence-corrected chi connectivity index (χ1v) is 9.44. The number of aryl methyl sites for hydroxylation is 3. The van der Waals surface area contributed by atoms with Crippen molar-refractivity contribution in [3.05, 3.63) is 77.4 Å². The molecule has 0 aliphatic heterocycles. The van der Waals surface area contributed by atoms with Crippen LogP contribution in [-0.2, 0) is 13.7 Å². The SMILES string of the molecule is Cc1cc(Oc2ccc3nc(COc4cccc(C(=O)O)c4)n(C)c3c2)cc(C)n1. The van der Waals surface area contributed by atoms with Gasteiger partial charge in [-0.2, -0.15) is 0 Å². The van der Waals surface area contributed by atoms with Crippen molar-refractivity contribution in [2.45, 2.75) is 20.5 Å². The minimum atomic E-state index is -0.990. The number of hydrogen-bond donors (Lipinski definition) is 1. The highest BCUT2D eigenvalue weighted by atomic mass is 16.5. The Labute approximate surface area is 173 Å². The number of aromatic nitrogens is 3. The number of carboxylic acids is 1. The summed E-state index contributed by atoms with van der Waals surface area (Å²) in [5.74, 6) is 1.66. The van der Waals surface area contributed by atoms with Gasteiger partial charge >= 0.3 is 5.97 Å². The molecule has 7 heteroatoms. The molecule has 1 N–H and O–H groups in total. The van der Waals surface area contributed by atoms with Crippen molar-refractivity contribution in [3.63, 3.8) is 0 Å². The molecule has 0 atom stereocenters. The van der Waals surface area contributed by atoms with Crippen LogP contribution in [0.25, 0.3) is 11.0 Å². The fraction of sp³-hybridized carbons (Fsp3) is 0.174. The van der Waals surface area contributed by atoms with Gasteiger partial charge in [0, 0.05) is 36.6 Å². The number of fused-ring (bicyclic) bond motifs is 1. The predicted octanol–water partition coefficient (Wildman–Crippen LogP) is 4.65. The number of carbonyl (C=O) groups is 1. The molecule has 152 valence electrons. The number of ether oxygens (including phenoxy) is 2. The molecule has 2 heterocycles. The van der Waals surface area contributed by atoms with Crippen molar-refractivity contribution >= 4 is 17.0 Å². The lowest BCUT2D eigenvalue weighted by atomic mass is 10.2. The molecule has 0 aliphatic carbocycles. The van der Waals surface area contributed by atoms with Gasteiger partial charge < -0.3 is 19.1 Å². The topological polar surface area (TPSA) is 86.5 Å². The van der Waals surface area contributed by atoms with Gasteiger partial charge in [0.2, 0.25) is 0 Å². The van der Waals surface area contributed by atoms with Crippen LogP contribution in [0.15, 0.2) is 54.6 Å². The lowest BCUT2D eigenvalue weighted by molar-refractivity contribution is 0.0696. The number of imidazole rings is 1. The smallest absolute Gasteiger partial charge is 0.335 e. The molecule has 0 spiro atoms. The van der Waals surface area contributed by atoms with Gasteiger partial charge in [0.25, 0.3) is 0 Å². The molecular weight excluding hydrogens is 382 g/mol. The second-order valence-electron chi connectivity index (χ2n) is 7.05. The number of rotatable bonds is 6. The standard InChI is InChI=1S/C23H21N3O4/c1-14-9-19(10-15(2)24-14)30-18-7-8-20-21(12-18)26(3)22(25-20)13-29-17-6-4-5-16(11-17)23(27)28/h4-12H,13H2,1-3H3,(H,27,28). The normalized spacial score (nSPS) is 10.9. The Morgan fingerprint density at radius 1 is 0.967 bits per heavy atom. The van der Waals surface area contributed by atoms with Crippen LogP contribution in [0.2, 0.25) is 0 Å². The van der Waals surface area contributed by atoms with E-state index in [1.807, 2.05) is 55.8 Å². The van der Waals surface area contributed by atoms with Crippen LogP contribution in [0.3, 0.4) is 0 Å². The highest BCUT2D eigenvalue weighted by Gasteiger charge is 2.11. The number of benzene rings is 2. The summed E-state index contributed by atoms with van der Waals surface area (Å²) in [5, 5.41) is 9.11. The first-order chi connectivity index (χ1) is 14.4. The summed E-state index contributed by atoms with van der Waals surface area (Å²) in [5.41, 5.74) is 3.72. The summed E-state index contributed by atoms with van der Waals surface area (Å²) >= 11 is 0. The number of carboxylic acid groups (broad SMARTS) is 1. The van der Waals surface area contributed by atoms with Crippen LogP contribution < -0.4 is 9.47 Å². The molecule has 0 fully saturated rings. The zero-order valence-electron chi connectivity index (χ0n) is 16.9. The maximum atomic E-state index is 11.1. The van der Waals surface area contributed by atoms with Crippen LogP contribution in [0.4, 0.5) is 0 Å². The second-order valence-corrected chi connectivity index (χ2v) is 7.05. The van der Waals surface area contributed by atoms with Crippen LogP contribution in [0.5, 0.6) is 17.2 Å². The van der Waals surface area contributed by atoms with Crippen LogP contribution in [0, 0.1) is 13.8 Å². The van der Waals surface area contributed by atoms with E-state index in [4.69, 9.17) is 14.6 Å². The van der Waals surface area contributed by atoms with Crippen molar-refractivity contribution in [2.24, 2.45) is 7.05 Å². The van der Waals surface area contributed by atoms with E-state index >= 15 is 0 Å². The molecule has 7 nitrogen and oxygen atoms in total. The molecule has 2 aromatic heterocycles. The zero-order valence-corrected chi connectivity index (χ0v) is 16.9. The van der Waals surface area contributed by atoms with Gasteiger partial charge in [-0.05, 0) is 44.2 Å². The third-order valence-electron chi connectivity index (χ3n) is 4.68. The third kappa shape index (κ3) is 4.10. The largest absolute Gasteiger partial charge is 0.486 e. The Morgan fingerprint density at radius 3 is 2.47 bits per heavy atom. The predicted molar refractivity (Wildman–Crippen MR) is 112 cm³/mol. The molecule has 0 aliphatic rings. The molecule has 4 aromatic rings. The van der Waals surface area contributed by atoms with Crippen LogP contribution >= 0.6 is 0 Å². The van der Waals surface area contributed by atoms with E-state index in [1.54, 1.807) is 12.1 Å². The lowest BCUT2D eigenvalue weighted by Gasteiger charge is -2.08. The number of aromatic carboxylic acids is 1. The molecular formula is C23H21N3O4. The molecule has 2 aromatic carbocycles. The summed E-state index contributed by atoms with van der Waals surface area (Å²) in [6.45, 7) is 4.08. The molecule has 0 saturated heterocycles. The van der Waals surface area contributed by atoms with E-state index in [0.29, 0.717) is 11.5 Å². The molecule has 0 radical (unpaired) electrons. The van der Waals surface area contributed by atoms with Crippen molar-refractivity contribution in [1.29, 1.82) is 0 Å². The van der Waals surface area contributed by atoms with E-state index < -0.39 is 5.97 Å². The fourth-order valence-corrected chi connectivity index (χ4v) is 3.27. The Bertz CT molecular complexity index is 1230. The van der Waals surface area contributed by atoms with Gasteiger partial charge in [-0.15, -0.1) is 0 Å². The van der Waals surface area contributed by atoms with Crippen molar-refractivity contribution < 1.29 is 19.4 Å². The zero-order chi connectivity index (χ0) is 21.3. The molecule has 0 saturated carbocycles. The van der Waals surface area contributed by atoms with Crippen molar-refractivity contribution in [2.75, 3.05) is 0 Å². The summed E-state index contributed by atoms with van der Waals surface area (Å²) in [6, 6.07) is 15.9. The Morgan fingerprint density at radius 2 is 1.73 bits per heavy atom. The minimum Gasteiger partial charge on any atom is -0.486 e. The maximum absolute atomic E-state index is 11.1. The van der Waals surface area contributed by atoms with E-state index in [9.17, 15) is 4.79 Å². The molecule has 30 heavy (non-hydrogen) atoms. The summed E-state index contributed by atoms with van der Waals surface area (Å²) in [4.78, 5) is 20.1. The average Bonchev–Trinajstić information content (AvgIpc) is 3.01. The monoisotopic (exact) mass is 403 g/mol. The van der Waals surface area contributed by atoms with E-state index in [-0.39, 0.29) is 12.2 Å². The van der Waals surface area contributed by atoms with E-state index in [2.05, 4.69) is 9.97 Å². The van der Waals surface area contributed by atoms with Crippen molar-refractivity contribution in [3.8, 4) is 17.2 Å². The average molecular weight is 403 g/mol. The highest BCUT2D eigenvalue weighted by molar-refractivity contribution is 5.88. The third-order valence-corrected chi connectivity index (χ3v) is 4.68. The van der Waals surface area contributed by atoms with E-state index in [0.717, 1.165) is 34.0 Å². The number of pyridine rings is 1. The quantitative estimate of drug-likeness (QED) is 0.504. The Balaban J connectivity index is 1.55. The van der Waals surface area contributed by atoms with Crippen LogP contribution in [0.1, 0.15) is 27.6 Å². The van der Waals surface area contributed by atoms with Gasteiger partial charge in [0.05, 0.1) is 16.6 Å². The van der Waals surface area contributed by atoms with Gasteiger partial charge in [-0.1, -0.05) is 6.07 Å². The number of hydrogen-bond acceptors (Lipinski definition) is 5. The highest BCUT2D eigenvalue weighted by Crippen LogP contribution is 2.27. The van der Waals surface area contributed by atoms with Gasteiger partial charge in [-0.25, -0.2) is 9.78 Å². The van der Waals surface area contributed by atoms with Crippen LogP contribution in [-0.4, -0.2) is 25.6 Å². The molecule has 4 rings (SSSR count). The number of nitrogens with zero attached hydrogens (tertiary/aromatic N) is 3. The maximum Gasteiger partial charge on any atom is 0.335 e. The summed E-state index contributed by atoms with van der Waals surface area (Å²) in [6.07, 6.45) is 0. The van der Waals surface area contributed by atoms with E-state index in [1.165, 1.54) is 12.1 Å². The summed E-state index contributed by atoms with van der Waals surface area (Å²) in [7, 11) is 1.91. The minimum absolute atomic E-state index is 0.181. The molecule has 0 unspecified atom stereocenters. The van der Waals surface area contributed by atoms with Gasteiger partial charge in [-0.3, -0.25) is 4.98 Å². The molecule has 0 bridgehead atoms. The van der Waals surface area contributed by atoms with Crippen molar-refractivity contribution in [1.82, 2.24) is 14.5 Å². The fourth-order valence-electron chi connectivity index (χ4n) is 3.27. The first-order valence-electron chi connectivity index (χ1n) is 9.44. The Hall–Kier alpha value is -3.87. The lowest BCUT2D eigenvalue weighted by Crippen LogP contribution is -2.04. The Kier molecular flexibility index (Phi) is 5.10.